The number of carbonyl (C=O) groups excluding carboxylic acids is 1. The van der Waals surface area contributed by atoms with Crippen LogP contribution in [-0.4, -0.2) is 17.5 Å². The first-order chi connectivity index (χ1) is 15.9. The molecule has 3 nitrogen and oxygen atoms in total. The largest absolute Gasteiger partial charge is 0.512 e. The molecule has 1 N–H and O–H groups in total. The van der Waals surface area contributed by atoms with Crippen LogP contribution in [0, 0.1) is 13.8 Å². The number of aryl methyl sites for hydroxylation is 2. The third kappa shape index (κ3) is 4.38. The van der Waals surface area contributed by atoms with Crippen LogP contribution >= 0.6 is 0 Å². The maximum absolute atomic E-state index is 10.8. The Balaban J connectivity index is 0.000000257. The van der Waals surface area contributed by atoms with Gasteiger partial charge in [0.2, 0.25) is 0 Å². The normalized spacial score (nSPS) is 24.3. The highest BCUT2D eigenvalue weighted by atomic mass is 16.6. The molecule has 3 aliphatic rings. The molecule has 1 saturated heterocycles. The van der Waals surface area contributed by atoms with Crippen LogP contribution in [0.5, 0.6) is 0 Å². The van der Waals surface area contributed by atoms with Crippen LogP contribution in [0.1, 0.15) is 87.3 Å². The lowest BCUT2D eigenvalue weighted by Crippen LogP contribution is -2.30. The first-order valence-electron chi connectivity index (χ1n) is 12.4. The van der Waals surface area contributed by atoms with E-state index in [0.717, 1.165) is 13.0 Å². The summed E-state index contributed by atoms with van der Waals surface area (Å²) in [5.41, 5.74) is 8.52. The second kappa shape index (κ2) is 8.53. The maximum Gasteiger partial charge on any atom is 0.161 e. The zero-order valence-electron chi connectivity index (χ0n) is 21.7. The molecule has 2 aliphatic carbocycles. The van der Waals surface area contributed by atoms with Crippen molar-refractivity contribution in [3.8, 4) is 0 Å². The van der Waals surface area contributed by atoms with E-state index in [9.17, 15) is 4.79 Å². The van der Waals surface area contributed by atoms with E-state index in [1.807, 2.05) is 0 Å². The molecular weight excluding hydrogens is 420 g/mol. The van der Waals surface area contributed by atoms with Gasteiger partial charge in [0.15, 0.2) is 5.78 Å². The highest BCUT2D eigenvalue weighted by molar-refractivity contribution is 5.95. The van der Waals surface area contributed by atoms with E-state index < -0.39 is 0 Å². The second-order valence-electron chi connectivity index (χ2n) is 11.3. The maximum atomic E-state index is 10.8. The number of benzene rings is 2. The van der Waals surface area contributed by atoms with Crippen LogP contribution in [0.4, 0.5) is 0 Å². The molecule has 2 aromatic carbocycles. The number of hydrogen-bond donors (Lipinski definition) is 1. The average molecular weight is 459 g/mol. The van der Waals surface area contributed by atoms with E-state index in [2.05, 4.69) is 90.1 Å². The second-order valence-corrected chi connectivity index (χ2v) is 11.3. The third-order valence-corrected chi connectivity index (χ3v) is 7.72. The molecule has 0 spiro atoms. The smallest absolute Gasteiger partial charge is 0.161 e. The average Bonchev–Trinajstić information content (AvgIpc) is 3.58. The van der Waals surface area contributed by atoms with E-state index in [-0.39, 0.29) is 28.0 Å². The van der Waals surface area contributed by atoms with Gasteiger partial charge in [0.1, 0.15) is 5.60 Å². The molecule has 34 heavy (non-hydrogen) atoms. The zero-order chi connectivity index (χ0) is 24.9. The Labute approximate surface area is 204 Å². The van der Waals surface area contributed by atoms with E-state index in [4.69, 9.17) is 9.84 Å². The van der Waals surface area contributed by atoms with Crippen molar-refractivity contribution in [2.75, 3.05) is 6.61 Å². The molecule has 3 heteroatoms. The highest BCUT2D eigenvalue weighted by Crippen LogP contribution is 2.50. The Kier molecular flexibility index (Phi) is 6.14. The molecule has 1 heterocycles. The number of ketones is 1. The SMILES string of the molecule is CC1=C(O)CCCC1=O.Cc1ccc(C2(c3cc4c(cc3C)C(C)(C)C=CC4(C)C)CO2)cc1. The number of allylic oxidation sites excluding steroid dienone is 4. The van der Waals surface area contributed by atoms with Crippen molar-refractivity contribution in [2.45, 2.75) is 84.2 Å². The number of fused-ring (bicyclic) bond motifs is 1. The van der Waals surface area contributed by atoms with Crippen LogP contribution in [0.25, 0.3) is 0 Å². The number of aliphatic hydroxyl groups is 1. The molecule has 1 unspecified atom stereocenters. The van der Waals surface area contributed by atoms with Crippen molar-refractivity contribution in [1.82, 2.24) is 0 Å². The number of aliphatic hydroxyl groups excluding tert-OH is 1. The summed E-state index contributed by atoms with van der Waals surface area (Å²) in [5.74, 6) is 0.380. The quantitative estimate of drug-likeness (QED) is 0.380. The summed E-state index contributed by atoms with van der Waals surface area (Å²) in [6.45, 7) is 16.0. The number of Topliss-reactive ketones (excluding diaryl/α,β-unsaturated/α-hetero) is 1. The van der Waals surface area contributed by atoms with Gasteiger partial charge in [-0.3, -0.25) is 4.79 Å². The fourth-order valence-electron chi connectivity index (χ4n) is 5.13. The number of hydrogen-bond acceptors (Lipinski definition) is 3. The van der Waals surface area contributed by atoms with Gasteiger partial charge in [0, 0.05) is 29.2 Å². The van der Waals surface area contributed by atoms with Crippen LogP contribution in [0.15, 0.2) is 59.9 Å². The highest BCUT2D eigenvalue weighted by Gasteiger charge is 2.50. The van der Waals surface area contributed by atoms with E-state index in [1.54, 1.807) is 6.92 Å². The molecule has 0 radical (unpaired) electrons. The standard InChI is InChI=1S/C24H28O.C7H10O2/c1-16-7-9-18(10-8-16)24(15-25-24)19-14-21-20(13-17(19)2)22(3,4)11-12-23(21,5)6;1-5-6(8)3-2-4-7(5)9/h7-14H,15H2,1-6H3;8H,2-4H2,1H3. The molecule has 1 aliphatic heterocycles. The number of epoxide rings is 1. The van der Waals surface area contributed by atoms with Crippen LogP contribution in [0.2, 0.25) is 0 Å². The minimum absolute atomic E-state index is 0.0522. The Morgan fingerprint density at radius 1 is 0.824 bits per heavy atom. The fourth-order valence-corrected chi connectivity index (χ4v) is 5.13. The van der Waals surface area contributed by atoms with Gasteiger partial charge >= 0.3 is 0 Å². The summed E-state index contributed by atoms with van der Waals surface area (Å²) in [4.78, 5) is 10.8. The minimum atomic E-state index is -0.256. The monoisotopic (exact) mass is 458 g/mol. The van der Waals surface area contributed by atoms with Gasteiger partial charge in [0.05, 0.1) is 12.4 Å². The molecule has 1 fully saturated rings. The minimum Gasteiger partial charge on any atom is -0.512 e. The van der Waals surface area contributed by atoms with E-state index in [0.29, 0.717) is 18.4 Å². The first kappa shape index (κ1) is 24.5. The van der Waals surface area contributed by atoms with Gasteiger partial charge in [-0.1, -0.05) is 81.8 Å². The lowest BCUT2D eigenvalue weighted by Gasteiger charge is -2.38. The summed E-state index contributed by atoms with van der Waals surface area (Å²) < 4.78 is 6.08. The summed E-state index contributed by atoms with van der Waals surface area (Å²) in [7, 11) is 0. The van der Waals surface area contributed by atoms with Crippen molar-refractivity contribution in [1.29, 1.82) is 0 Å². The lowest BCUT2D eigenvalue weighted by atomic mass is 9.66. The van der Waals surface area contributed by atoms with Crippen LogP contribution in [0.3, 0.4) is 0 Å². The number of ether oxygens (including phenoxy) is 1. The van der Waals surface area contributed by atoms with Crippen molar-refractivity contribution in [3.63, 3.8) is 0 Å². The molecule has 0 amide bonds. The topological polar surface area (TPSA) is 49.8 Å². The Morgan fingerprint density at radius 2 is 1.38 bits per heavy atom. The summed E-state index contributed by atoms with van der Waals surface area (Å²) in [6, 6.07) is 13.6. The van der Waals surface area contributed by atoms with Gasteiger partial charge in [0.25, 0.3) is 0 Å². The van der Waals surface area contributed by atoms with Crippen LogP contribution < -0.4 is 0 Å². The number of rotatable bonds is 2. The molecule has 0 bridgehead atoms. The predicted octanol–water partition coefficient (Wildman–Crippen LogP) is 7.27. The lowest BCUT2D eigenvalue weighted by molar-refractivity contribution is -0.116. The van der Waals surface area contributed by atoms with Crippen molar-refractivity contribution >= 4 is 5.78 Å². The van der Waals surface area contributed by atoms with Gasteiger partial charge in [-0.15, -0.1) is 0 Å². The van der Waals surface area contributed by atoms with E-state index in [1.165, 1.54) is 33.4 Å². The van der Waals surface area contributed by atoms with Crippen molar-refractivity contribution < 1.29 is 14.6 Å². The molecule has 0 aromatic heterocycles. The van der Waals surface area contributed by atoms with Gasteiger partial charge in [-0.25, -0.2) is 0 Å². The van der Waals surface area contributed by atoms with Gasteiger partial charge in [-0.2, -0.15) is 0 Å². The van der Waals surface area contributed by atoms with E-state index >= 15 is 0 Å². The van der Waals surface area contributed by atoms with Gasteiger partial charge < -0.3 is 9.84 Å². The fraction of sp³-hybridized carbons (Fsp3) is 0.452. The molecule has 1 atom stereocenters. The zero-order valence-corrected chi connectivity index (χ0v) is 21.7. The Hall–Kier alpha value is -2.65. The first-order valence-corrected chi connectivity index (χ1v) is 12.4. The molecular formula is C31H38O3. The third-order valence-electron chi connectivity index (χ3n) is 7.72. The van der Waals surface area contributed by atoms with Gasteiger partial charge in [-0.05, 0) is 55.0 Å². The Morgan fingerprint density at radius 3 is 1.88 bits per heavy atom. The Bertz CT molecular complexity index is 1170. The number of carbonyl (C=O) groups is 1. The molecule has 180 valence electrons. The summed E-state index contributed by atoms with van der Waals surface area (Å²) >= 11 is 0. The molecule has 5 rings (SSSR count). The molecule has 2 aromatic rings. The van der Waals surface area contributed by atoms with Crippen molar-refractivity contribution in [2.24, 2.45) is 0 Å². The summed E-state index contributed by atoms with van der Waals surface area (Å²) in [6.07, 6.45) is 6.81. The predicted molar refractivity (Wildman–Crippen MR) is 138 cm³/mol. The van der Waals surface area contributed by atoms with Crippen LogP contribution in [-0.2, 0) is 26.0 Å². The summed E-state index contributed by atoms with van der Waals surface area (Å²) in [5, 5.41) is 9.01. The molecule has 0 saturated carbocycles. The van der Waals surface area contributed by atoms with Crippen molar-refractivity contribution in [3.05, 3.63) is 93.3 Å².